The monoisotopic (exact) mass is 390 g/mol. The van der Waals surface area contributed by atoms with Gasteiger partial charge in [-0.15, -0.1) is 0 Å². The van der Waals surface area contributed by atoms with Crippen molar-refractivity contribution in [2.75, 3.05) is 24.7 Å². The fourth-order valence-corrected chi connectivity index (χ4v) is 2.97. The van der Waals surface area contributed by atoms with Crippen LogP contribution in [0.2, 0.25) is 0 Å². The maximum absolute atomic E-state index is 9.61. The second-order valence-corrected chi connectivity index (χ2v) is 7.07. The first-order valence-corrected chi connectivity index (χ1v) is 9.47. The van der Waals surface area contributed by atoms with E-state index in [1.807, 2.05) is 91.8 Å². The molecule has 0 unspecified atom stereocenters. The van der Waals surface area contributed by atoms with Crippen molar-refractivity contribution in [2.24, 2.45) is 0 Å². The molecule has 4 nitrogen and oxygen atoms in total. The number of nitrogens with two attached hydrogens (primary N) is 1. The minimum absolute atomic E-state index is 0.517. The van der Waals surface area contributed by atoms with Crippen molar-refractivity contribution in [3.8, 4) is 12.1 Å². The molecular formula is C26H22N4. The third-order valence-corrected chi connectivity index (χ3v) is 4.72. The van der Waals surface area contributed by atoms with Crippen LogP contribution in [0.15, 0.2) is 60.7 Å². The summed E-state index contributed by atoms with van der Waals surface area (Å²) in [6, 6.07) is 23.5. The minimum Gasteiger partial charge on any atom is -0.399 e. The molecule has 0 fully saturated rings. The first kappa shape index (κ1) is 20.5. The molecule has 0 atom stereocenters. The number of anilines is 2. The molecule has 0 radical (unpaired) electrons. The highest BCUT2D eigenvalue weighted by Crippen LogP contribution is 2.22. The van der Waals surface area contributed by atoms with Crippen LogP contribution in [0.3, 0.4) is 0 Å². The summed E-state index contributed by atoms with van der Waals surface area (Å²) in [5, 5.41) is 19.2. The lowest BCUT2D eigenvalue weighted by molar-refractivity contribution is 1.13. The fourth-order valence-electron chi connectivity index (χ4n) is 2.97. The van der Waals surface area contributed by atoms with Crippen LogP contribution in [0.4, 0.5) is 11.4 Å². The van der Waals surface area contributed by atoms with Gasteiger partial charge >= 0.3 is 0 Å². The van der Waals surface area contributed by atoms with Gasteiger partial charge in [-0.1, -0.05) is 48.6 Å². The molecule has 0 spiro atoms. The van der Waals surface area contributed by atoms with Crippen molar-refractivity contribution >= 4 is 35.7 Å². The molecule has 0 aliphatic carbocycles. The quantitative estimate of drug-likeness (QED) is 0.466. The zero-order chi connectivity index (χ0) is 21.5. The molecular weight excluding hydrogens is 368 g/mol. The third kappa shape index (κ3) is 4.95. The van der Waals surface area contributed by atoms with Crippen molar-refractivity contribution in [3.05, 3.63) is 94.0 Å². The summed E-state index contributed by atoms with van der Waals surface area (Å²) in [7, 11) is 3.99. The SMILES string of the molecule is CN(C)c1ccc(/C=C/c2cc(C#N)c(/C=C/c3ccc(N)cc3)cc2C#N)cc1. The first-order chi connectivity index (χ1) is 14.5. The van der Waals surface area contributed by atoms with Crippen molar-refractivity contribution in [2.45, 2.75) is 0 Å². The fraction of sp³-hybridized carbons (Fsp3) is 0.0769. The van der Waals surface area contributed by atoms with Gasteiger partial charge in [0.15, 0.2) is 0 Å². The van der Waals surface area contributed by atoms with Gasteiger partial charge in [-0.3, -0.25) is 0 Å². The molecule has 3 aromatic rings. The third-order valence-electron chi connectivity index (χ3n) is 4.72. The summed E-state index contributed by atoms with van der Waals surface area (Å²) in [5.74, 6) is 0. The summed E-state index contributed by atoms with van der Waals surface area (Å²) in [4.78, 5) is 2.04. The van der Waals surface area contributed by atoms with Crippen LogP contribution < -0.4 is 10.6 Å². The second-order valence-electron chi connectivity index (χ2n) is 7.07. The Labute approximate surface area is 177 Å². The van der Waals surface area contributed by atoms with Gasteiger partial charge in [0.1, 0.15) is 0 Å². The maximum atomic E-state index is 9.61. The molecule has 0 aromatic heterocycles. The van der Waals surface area contributed by atoms with Crippen LogP contribution in [0.25, 0.3) is 24.3 Å². The van der Waals surface area contributed by atoms with Crippen molar-refractivity contribution in [1.29, 1.82) is 10.5 Å². The molecule has 4 heteroatoms. The molecule has 0 heterocycles. The Bertz CT molecular complexity index is 1170. The zero-order valence-electron chi connectivity index (χ0n) is 17.0. The molecule has 0 bridgehead atoms. The van der Waals surface area contributed by atoms with Gasteiger partial charge in [0.25, 0.3) is 0 Å². The molecule has 30 heavy (non-hydrogen) atoms. The van der Waals surface area contributed by atoms with Crippen LogP contribution in [-0.2, 0) is 0 Å². The summed E-state index contributed by atoms with van der Waals surface area (Å²) < 4.78 is 0. The zero-order valence-corrected chi connectivity index (χ0v) is 17.0. The molecule has 3 rings (SSSR count). The predicted octanol–water partition coefficient (Wildman–Crippen LogP) is 5.42. The van der Waals surface area contributed by atoms with E-state index in [9.17, 15) is 10.5 Å². The van der Waals surface area contributed by atoms with E-state index in [4.69, 9.17) is 5.73 Å². The topological polar surface area (TPSA) is 76.8 Å². The number of benzene rings is 3. The van der Waals surface area contributed by atoms with E-state index < -0.39 is 0 Å². The van der Waals surface area contributed by atoms with Gasteiger partial charge in [0.05, 0.1) is 23.3 Å². The predicted molar refractivity (Wildman–Crippen MR) is 125 cm³/mol. The van der Waals surface area contributed by atoms with E-state index in [0.717, 1.165) is 22.4 Å². The van der Waals surface area contributed by atoms with Gasteiger partial charge in [-0.25, -0.2) is 0 Å². The summed E-state index contributed by atoms with van der Waals surface area (Å²) in [5.41, 5.74) is 12.0. The Kier molecular flexibility index (Phi) is 6.33. The van der Waals surface area contributed by atoms with Crippen LogP contribution in [-0.4, -0.2) is 14.1 Å². The van der Waals surface area contributed by atoms with Crippen LogP contribution >= 0.6 is 0 Å². The molecule has 0 saturated heterocycles. The van der Waals surface area contributed by atoms with Crippen molar-refractivity contribution in [3.63, 3.8) is 0 Å². The summed E-state index contributed by atoms with van der Waals surface area (Å²) in [6.07, 6.45) is 7.56. The average Bonchev–Trinajstić information content (AvgIpc) is 2.77. The molecule has 0 saturated carbocycles. The number of rotatable bonds is 5. The Hall–Kier alpha value is -4.28. The van der Waals surface area contributed by atoms with Crippen molar-refractivity contribution in [1.82, 2.24) is 0 Å². The number of nitrogen functional groups attached to an aromatic ring is 1. The van der Waals surface area contributed by atoms with Crippen LogP contribution in [0.5, 0.6) is 0 Å². The van der Waals surface area contributed by atoms with E-state index in [-0.39, 0.29) is 0 Å². The van der Waals surface area contributed by atoms with E-state index in [0.29, 0.717) is 22.4 Å². The van der Waals surface area contributed by atoms with E-state index in [2.05, 4.69) is 12.1 Å². The average molecular weight is 390 g/mol. The van der Waals surface area contributed by atoms with E-state index in [1.54, 1.807) is 12.1 Å². The number of hydrogen-bond donors (Lipinski definition) is 1. The normalized spacial score (nSPS) is 10.8. The molecule has 3 aromatic carbocycles. The highest BCUT2D eigenvalue weighted by Gasteiger charge is 2.07. The maximum Gasteiger partial charge on any atom is 0.0998 e. The highest BCUT2D eigenvalue weighted by molar-refractivity contribution is 5.79. The molecule has 0 amide bonds. The summed E-state index contributed by atoms with van der Waals surface area (Å²) in [6.45, 7) is 0. The largest absolute Gasteiger partial charge is 0.399 e. The Balaban J connectivity index is 1.90. The van der Waals surface area contributed by atoms with Gasteiger partial charge < -0.3 is 10.6 Å². The standard InChI is InChI=1S/C26H22N4/c1-30(2)26-13-7-20(8-14-26)4-10-22-16-23(17-27)21(15-24(22)18-28)9-3-19-5-11-25(29)12-6-19/h3-16H,29H2,1-2H3/b9-3+,10-4+. The molecule has 146 valence electrons. The Morgan fingerprint density at radius 1 is 0.700 bits per heavy atom. The number of nitrogens with zero attached hydrogens (tertiary/aromatic N) is 3. The van der Waals surface area contributed by atoms with Crippen LogP contribution in [0, 0.1) is 22.7 Å². The van der Waals surface area contributed by atoms with Gasteiger partial charge in [0.2, 0.25) is 0 Å². The van der Waals surface area contributed by atoms with Crippen LogP contribution in [0.1, 0.15) is 33.4 Å². The smallest absolute Gasteiger partial charge is 0.0998 e. The Morgan fingerprint density at radius 3 is 1.53 bits per heavy atom. The molecule has 2 N–H and O–H groups in total. The highest BCUT2D eigenvalue weighted by atomic mass is 15.1. The van der Waals surface area contributed by atoms with Crippen molar-refractivity contribution < 1.29 is 0 Å². The lowest BCUT2D eigenvalue weighted by atomic mass is 9.97. The van der Waals surface area contributed by atoms with Gasteiger partial charge in [-0.05, 0) is 58.7 Å². The first-order valence-electron chi connectivity index (χ1n) is 9.47. The minimum atomic E-state index is 0.517. The second kappa shape index (κ2) is 9.28. The van der Waals surface area contributed by atoms with Gasteiger partial charge in [0, 0.05) is 25.5 Å². The molecule has 0 aliphatic rings. The number of hydrogen-bond acceptors (Lipinski definition) is 4. The van der Waals surface area contributed by atoms with E-state index >= 15 is 0 Å². The van der Waals surface area contributed by atoms with Gasteiger partial charge in [-0.2, -0.15) is 10.5 Å². The Morgan fingerprint density at radius 2 is 1.13 bits per heavy atom. The van der Waals surface area contributed by atoms with E-state index in [1.165, 1.54) is 0 Å². The summed E-state index contributed by atoms with van der Waals surface area (Å²) >= 11 is 0. The number of nitriles is 2. The lowest BCUT2D eigenvalue weighted by Crippen LogP contribution is -2.07. The molecule has 0 aliphatic heterocycles. The lowest BCUT2D eigenvalue weighted by Gasteiger charge is -2.11.